The molecule has 2 aromatic rings. The molecular weight excluding hydrogens is 454 g/mol. The van der Waals surface area contributed by atoms with Gasteiger partial charge in [-0.1, -0.05) is 63.2 Å². The van der Waals surface area contributed by atoms with E-state index < -0.39 is 12.1 Å². The minimum atomic E-state index is -0.689. The van der Waals surface area contributed by atoms with E-state index in [-0.39, 0.29) is 29.9 Å². The van der Waals surface area contributed by atoms with Crippen molar-refractivity contribution in [3.05, 3.63) is 72.3 Å². The summed E-state index contributed by atoms with van der Waals surface area (Å²) in [6, 6.07) is 16.1. The number of carbonyl (C=O) groups excluding carboxylic acids is 2. The van der Waals surface area contributed by atoms with Crippen LogP contribution in [0.4, 0.5) is 0 Å². The number of hydrogen-bond donors (Lipinski definition) is 2. The number of rotatable bonds is 11. The van der Waals surface area contributed by atoms with Gasteiger partial charge in [-0.15, -0.1) is 0 Å². The zero-order chi connectivity index (χ0) is 26.1. The molecule has 0 aliphatic carbocycles. The molecule has 194 valence electrons. The summed E-state index contributed by atoms with van der Waals surface area (Å²) >= 11 is 0. The van der Waals surface area contributed by atoms with E-state index in [2.05, 4.69) is 18.3 Å². The van der Waals surface area contributed by atoms with Crippen molar-refractivity contribution in [2.75, 3.05) is 13.2 Å². The van der Waals surface area contributed by atoms with Crippen LogP contribution in [0.25, 0.3) is 0 Å². The van der Waals surface area contributed by atoms with Crippen molar-refractivity contribution in [1.82, 2.24) is 10.2 Å². The van der Waals surface area contributed by atoms with Gasteiger partial charge >= 0.3 is 0 Å². The van der Waals surface area contributed by atoms with E-state index in [1.54, 1.807) is 11.8 Å². The van der Waals surface area contributed by atoms with Crippen LogP contribution in [-0.2, 0) is 16.0 Å². The lowest BCUT2D eigenvalue weighted by molar-refractivity contribution is -0.138. The highest BCUT2D eigenvalue weighted by atomic mass is 16.5. The van der Waals surface area contributed by atoms with E-state index in [4.69, 9.17) is 15.2 Å². The molecule has 1 fully saturated rings. The Morgan fingerprint density at radius 2 is 1.81 bits per heavy atom. The first kappa shape index (κ1) is 27.3. The maximum absolute atomic E-state index is 13.6. The van der Waals surface area contributed by atoms with Gasteiger partial charge < -0.3 is 25.4 Å². The minimum Gasteiger partial charge on any atom is -0.489 e. The van der Waals surface area contributed by atoms with Crippen LogP contribution in [0.5, 0.6) is 11.5 Å². The fraction of sp³-hybridized carbons (Fsp3) is 0.448. The number of hydrogen-bond acceptors (Lipinski definition) is 5. The Kier molecular flexibility index (Phi) is 9.94. The summed E-state index contributed by atoms with van der Waals surface area (Å²) in [5, 5.41) is 2.83. The highest BCUT2D eigenvalue weighted by molar-refractivity contribution is 5.90. The van der Waals surface area contributed by atoms with Crippen LogP contribution >= 0.6 is 0 Å². The molecule has 1 aliphatic heterocycles. The molecule has 0 unspecified atom stereocenters. The fourth-order valence-electron chi connectivity index (χ4n) is 4.30. The second-order valence-corrected chi connectivity index (χ2v) is 9.57. The standard InChI is InChI=1S/C29H39N3O4/c1-5-22-12-9-10-16-26(22)35-17-11-13-23-18-25(36-24-14-7-6-8-15-24)19-32(23)29(34)27(20(2)3)31-28(33)21(4)30/h6-16,20-21,23,25,27H,5,17-19,30H2,1-4H3,(H,31,33)/b13-11+/t21-,23+,25-,27-/m0/s1. The van der Waals surface area contributed by atoms with Crippen molar-refractivity contribution in [2.45, 2.75) is 64.8 Å². The Morgan fingerprint density at radius 1 is 1.11 bits per heavy atom. The molecule has 0 aromatic heterocycles. The molecule has 3 N–H and O–H groups in total. The SMILES string of the molecule is CCc1ccccc1OC/C=C/[C@@H]1C[C@H](Oc2ccccc2)CN1C(=O)[C@@H](NC(=O)[C@H](C)N)C(C)C. The molecule has 2 amide bonds. The van der Waals surface area contributed by atoms with Gasteiger partial charge in [-0.05, 0) is 49.1 Å². The number of carbonyl (C=O) groups is 2. The van der Waals surface area contributed by atoms with Gasteiger partial charge in [0.1, 0.15) is 30.3 Å². The number of likely N-dealkylation sites (tertiary alicyclic amines) is 1. The van der Waals surface area contributed by atoms with Crippen LogP contribution in [0.15, 0.2) is 66.7 Å². The third kappa shape index (κ3) is 7.34. The van der Waals surface area contributed by atoms with E-state index in [1.807, 2.05) is 74.5 Å². The van der Waals surface area contributed by atoms with Crippen molar-refractivity contribution in [2.24, 2.45) is 11.7 Å². The molecule has 7 nitrogen and oxygen atoms in total. The number of nitrogens with one attached hydrogen (secondary N) is 1. The van der Waals surface area contributed by atoms with E-state index in [0.717, 1.165) is 23.5 Å². The predicted molar refractivity (Wildman–Crippen MR) is 142 cm³/mol. The van der Waals surface area contributed by atoms with Crippen molar-refractivity contribution < 1.29 is 19.1 Å². The van der Waals surface area contributed by atoms with Gasteiger partial charge in [0, 0.05) is 6.42 Å². The van der Waals surface area contributed by atoms with Gasteiger partial charge in [0.05, 0.1) is 18.6 Å². The van der Waals surface area contributed by atoms with Crippen molar-refractivity contribution in [3.63, 3.8) is 0 Å². The van der Waals surface area contributed by atoms with Crippen LogP contribution in [0.1, 0.15) is 39.7 Å². The predicted octanol–water partition coefficient (Wildman–Crippen LogP) is 3.72. The fourth-order valence-corrected chi connectivity index (χ4v) is 4.30. The topological polar surface area (TPSA) is 93.9 Å². The molecule has 1 saturated heterocycles. The Morgan fingerprint density at radius 3 is 2.47 bits per heavy atom. The third-order valence-corrected chi connectivity index (χ3v) is 6.32. The monoisotopic (exact) mass is 493 g/mol. The number of aryl methyl sites for hydroxylation is 1. The quantitative estimate of drug-likeness (QED) is 0.466. The average Bonchev–Trinajstić information content (AvgIpc) is 3.27. The van der Waals surface area contributed by atoms with Gasteiger partial charge in [-0.3, -0.25) is 9.59 Å². The first-order valence-electron chi connectivity index (χ1n) is 12.8. The van der Waals surface area contributed by atoms with Crippen LogP contribution in [0.3, 0.4) is 0 Å². The Balaban J connectivity index is 1.74. The molecule has 1 aliphatic rings. The maximum Gasteiger partial charge on any atom is 0.246 e. The summed E-state index contributed by atoms with van der Waals surface area (Å²) in [4.78, 5) is 27.7. The first-order valence-corrected chi connectivity index (χ1v) is 12.8. The second kappa shape index (κ2) is 13.1. The summed E-state index contributed by atoms with van der Waals surface area (Å²) in [7, 11) is 0. The van der Waals surface area contributed by atoms with Crippen molar-refractivity contribution >= 4 is 11.8 Å². The van der Waals surface area contributed by atoms with E-state index in [0.29, 0.717) is 19.6 Å². The summed E-state index contributed by atoms with van der Waals surface area (Å²) in [5.74, 6) is 1.07. The van der Waals surface area contributed by atoms with Gasteiger partial charge in [-0.2, -0.15) is 0 Å². The summed E-state index contributed by atoms with van der Waals surface area (Å²) < 4.78 is 12.2. The molecule has 0 bridgehead atoms. The Bertz CT molecular complexity index is 1020. The number of ether oxygens (including phenoxy) is 2. The highest BCUT2D eigenvalue weighted by Gasteiger charge is 2.39. The van der Waals surface area contributed by atoms with Crippen LogP contribution in [0, 0.1) is 5.92 Å². The molecule has 4 atom stereocenters. The number of amides is 2. The molecule has 36 heavy (non-hydrogen) atoms. The summed E-state index contributed by atoms with van der Waals surface area (Å²) in [6.07, 6.45) is 5.34. The van der Waals surface area contributed by atoms with E-state index >= 15 is 0 Å². The third-order valence-electron chi connectivity index (χ3n) is 6.32. The van der Waals surface area contributed by atoms with Crippen LogP contribution in [-0.4, -0.2) is 54.1 Å². The molecular formula is C29H39N3O4. The van der Waals surface area contributed by atoms with Gasteiger partial charge in [0.2, 0.25) is 11.8 Å². The number of para-hydroxylation sites is 2. The molecule has 3 rings (SSSR count). The normalized spacial score (nSPS) is 19.3. The smallest absolute Gasteiger partial charge is 0.246 e. The number of nitrogens with two attached hydrogens (primary N) is 1. The molecule has 0 saturated carbocycles. The summed E-state index contributed by atoms with van der Waals surface area (Å²) in [5.41, 5.74) is 6.90. The number of nitrogens with zero attached hydrogens (tertiary/aromatic N) is 1. The highest BCUT2D eigenvalue weighted by Crippen LogP contribution is 2.26. The van der Waals surface area contributed by atoms with E-state index in [1.165, 1.54) is 0 Å². The Hall–Kier alpha value is -3.32. The minimum absolute atomic E-state index is 0.0900. The van der Waals surface area contributed by atoms with E-state index in [9.17, 15) is 9.59 Å². The van der Waals surface area contributed by atoms with Gasteiger partial charge in [-0.25, -0.2) is 0 Å². The zero-order valence-electron chi connectivity index (χ0n) is 21.7. The lowest BCUT2D eigenvalue weighted by Crippen LogP contribution is -2.55. The summed E-state index contributed by atoms with van der Waals surface area (Å²) in [6.45, 7) is 8.37. The lowest BCUT2D eigenvalue weighted by Gasteiger charge is -2.30. The lowest BCUT2D eigenvalue weighted by atomic mass is 10.0. The molecule has 0 spiro atoms. The average molecular weight is 494 g/mol. The van der Waals surface area contributed by atoms with Crippen molar-refractivity contribution in [3.8, 4) is 11.5 Å². The molecule has 1 heterocycles. The van der Waals surface area contributed by atoms with Gasteiger partial charge in [0.25, 0.3) is 0 Å². The maximum atomic E-state index is 13.6. The zero-order valence-corrected chi connectivity index (χ0v) is 21.7. The Labute approximate surface area is 214 Å². The second-order valence-electron chi connectivity index (χ2n) is 9.57. The largest absolute Gasteiger partial charge is 0.489 e. The van der Waals surface area contributed by atoms with Crippen molar-refractivity contribution in [1.29, 1.82) is 0 Å². The van der Waals surface area contributed by atoms with Gasteiger partial charge in [0.15, 0.2) is 0 Å². The number of benzene rings is 2. The molecule has 0 radical (unpaired) electrons. The molecule has 2 aromatic carbocycles. The molecule has 7 heteroatoms. The van der Waals surface area contributed by atoms with Crippen LogP contribution in [0.2, 0.25) is 0 Å². The van der Waals surface area contributed by atoms with Crippen LogP contribution < -0.4 is 20.5 Å². The first-order chi connectivity index (χ1) is 17.3.